The van der Waals surface area contributed by atoms with Gasteiger partial charge in [-0.2, -0.15) is 4.31 Å². The summed E-state index contributed by atoms with van der Waals surface area (Å²) < 4.78 is 27.0. The largest absolute Gasteiger partial charge is 0.476 e. The number of nitrogens with zero attached hydrogens (tertiary/aromatic N) is 4. The maximum atomic E-state index is 12.1. The van der Waals surface area contributed by atoms with E-state index in [-0.39, 0.29) is 29.7 Å². The fourth-order valence-corrected chi connectivity index (χ4v) is 3.44. The molecule has 106 valence electrons. The number of carbonyl (C=O) groups is 1. The fraction of sp³-hybridized carbons (Fsp3) is 0.300. The molecule has 0 aromatic carbocycles. The van der Waals surface area contributed by atoms with Crippen LogP contribution in [0.15, 0.2) is 29.6 Å². The van der Waals surface area contributed by atoms with E-state index in [4.69, 9.17) is 5.11 Å². The van der Waals surface area contributed by atoms with Gasteiger partial charge in [-0.25, -0.2) is 17.9 Å². The highest BCUT2D eigenvalue weighted by Crippen LogP contribution is 2.27. The average Bonchev–Trinajstić information content (AvgIpc) is 2.97. The highest BCUT2D eigenvalue weighted by atomic mass is 32.2. The summed E-state index contributed by atoms with van der Waals surface area (Å²) >= 11 is 0. The zero-order chi connectivity index (χ0) is 14.3. The highest BCUT2D eigenvalue weighted by Gasteiger charge is 2.38. The summed E-state index contributed by atoms with van der Waals surface area (Å²) in [5.74, 6) is -1.16. The van der Waals surface area contributed by atoms with Crippen molar-refractivity contribution in [2.75, 3.05) is 13.1 Å². The van der Waals surface area contributed by atoms with Crippen molar-refractivity contribution in [1.82, 2.24) is 24.3 Å². The van der Waals surface area contributed by atoms with Gasteiger partial charge in [0.1, 0.15) is 0 Å². The maximum absolute atomic E-state index is 12.1. The lowest BCUT2D eigenvalue weighted by molar-refractivity contribution is 0.0690. The third-order valence-electron chi connectivity index (χ3n) is 3.14. The zero-order valence-electron chi connectivity index (χ0n) is 10.2. The van der Waals surface area contributed by atoms with Crippen LogP contribution in [0.4, 0.5) is 0 Å². The van der Waals surface area contributed by atoms with E-state index in [0.717, 1.165) is 0 Å². The van der Waals surface area contributed by atoms with Crippen molar-refractivity contribution in [3.8, 4) is 0 Å². The fourth-order valence-electron chi connectivity index (χ4n) is 1.95. The second-order valence-corrected chi connectivity index (χ2v) is 6.35. The molecule has 0 amide bonds. The second-order valence-electron chi connectivity index (χ2n) is 4.41. The lowest BCUT2D eigenvalue weighted by Crippen LogP contribution is -2.50. The lowest BCUT2D eigenvalue weighted by atomic mass is 10.2. The van der Waals surface area contributed by atoms with Gasteiger partial charge in [0.2, 0.25) is 10.0 Å². The van der Waals surface area contributed by atoms with Crippen molar-refractivity contribution < 1.29 is 18.3 Å². The third kappa shape index (κ3) is 1.98. The topological polar surface area (TPSA) is 121 Å². The molecule has 1 saturated heterocycles. The Morgan fingerprint density at radius 2 is 2.20 bits per heavy atom. The molecule has 9 nitrogen and oxygen atoms in total. The molecule has 10 heteroatoms. The molecule has 1 fully saturated rings. The highest BCUT2D eigenvalue weighted by molar-refractivity contribution is 7.89. The predicted octanol–water partition coefficient (Wildman–Crippen LogP) is -0.450. The van der Waals surface area contributed by atoms with E-state index in [2.05, 4.69) is 15.3 Å². The van der Waals surface area contributed by atoms with Gasteiger partial charge in [0.05, 0.1) is 17.1 Å². The van der Waals surface area contributed by atoms with Crippen molar-refractivity contribution in [2.45, 2.75) is 10.9 Å². The van der Waals surface area contributed by atoms with Crippen molar-refractivity contribution in [3.05, 3.63) is 30.4 Å². The molecule has 1 aliphatic rings. The Bertz CT molecular complexity index is 730. The number of hydrogen-bond donors (Lipinski definition) is 2. The Kier molecular flexibility index (Phi) is 2.83. The van der Waals surface area contributed by atoms with E-state index in [1.807, 2.05) is 0 Å². The molecule has 1 aliphatic heterocycles. The summed E-state index contributed by atoms with van der Waals surface area (Å²) in [6.45, 7) is 0.492. The maximum Gasteiger partial charge on any atom is 0.358 e. The summed E-state index contributed by atoms with van der Waals surface area (Å²) in [5, 5.41) is 15.9. The number of sulfonamides is 1. The normalized spacial score (nSPS) is 17.0. The summed E-state index contributed by atoms with van der Waals surface area (Å²) in [7, 11) is -3.49. The predicted molar refractivity (Wildman–Crippen MR) is 65.6 cm³/mol. The van der Waals surface area contributed by atoms with Gasteiger partial charge in [-0.3, -0.25) is 0 Å². The molecule has 0 bridgehead atoms. The van der Waals surface area contributed by atoms with Crippen molar-refractivity contribution in [1.29, 1.82) is 0 Å². The number of H-pyrrole nitrogens is 1. The minimum absolute atomic E-state index is 0.156. The van der Waals surface area contributed by atoms with Crippen LogP contribution in [0, 0.1) is 0 Å². The van der Waals surface area contributed by atoms with E-state index in [1.54, 1.807) is 6.20 Å². The SMILES string of the molecule is O=C(O)c1cn(C2CN(S(=O)(=O)c3cc[nH]c3)C2)nn1. The van der Waals surface area contributed by atoms with E-state index >= 15 is 0 Å². The number of nitrogens with one attached hydrogen (secondary N) is 1. The van der Waals surface area contributed by atoms with Crippen LogP contribution >= 0.6 is 0 Å². The monoisotopic (exact) mass is 297 g/mol. The van der Waals surface area contributed by atoms with Crippen LogP contribution < -0.4 is 0 Å². The smallest absolute Gasteiger partial charge is 0.358 e. The molecule has 0 radical (unpaired) electrons. The molecule has 2 aromatic heterocycles. The minimum atomic E-state index is -3.49. The van der Waals surface area contributed by atoms with Gasteiger partial charge in [-0.1, -0.05) is 5.21 Å². The second kappa shape index (κ2) is 4.42. The number of hydrogen-bond acceptors (Lipinski definition) is 5. The van der Waals surface area contributed by atoms with Crippen LogP contribution in [0.2, 0.25) is 0 Å². The summed E-state index contributed by atoms with van der Waals surface area (Å²) in [5.41, 5.74) is -0.156. The Morgan fingerprint density at radius 3 is 2.75 bits per heavy atom. The molecule has 20 heavy (non-hydrogen) atoms. The van der Waals surface area contributed by atoms with Gasteiger partial charge in [0.25, 0.3) is 0 Å². The summed E-state index contributed by atoms with van der Waals surface area (Å²) in [4.78, 5) is 13.6. The number of aromatic amines is 1. The first-order chi connectivity index (χ1) is 9.48. The zero-order valence-corrected chi connectivity index (χ0v) is 11.0. The van der Waals surface area contributed by atoms with Gasteiger partial charge < -0.3 is 10.1 Å². The van der Waals surface area contributed by atoms with Crippen molar-refractivity contribution >= 4 is 16.0 Å². The first-order valence-electron chi connectivity index (χ1n) is 5.76. The summed E-state index contributed by atoms with van der Waals surface area (Å²) in [6.07, 6.45) is 4.26. The van der Waals surface area contributed by atoms with Crippen LogP contribution in [0.5, 0.6) is 0 Å². The molecule has 0 unspecified atom stereocenters. The lowest BCUT2D eigenvalue weighted by Gasteiger charge is -2.37. The van der Waals surface area contributed by atoms with E-state index in [9.17, 15) is 13.2 Å². The molecule has 0 aliphatic carbocycles. The number of rotatable bonds is 4. The van der Waals surface area contributed by atoms with Crippen LogP contribution in [0.25, 0.3) is 0 Å². The van der Waals surface area contributed by atoms with Gasteiger partial charge in [0, 0.05) is 25.5 Å². The molecule has 0 atom stereocenters. The molecule has 2 aromatic rings. The number of carboxylic acid groups (broad SMARTS) is 1. The number of aromatic carboxylic acids is 1. The molecule has 3 rings (SSSR count). The molecule has 0 saturated carbocycles. The van der Waals surface area contributed by atoms with Gasteiger partial charge in [-0.15, -0.1) is 5.10 Å². The molecule has 2 N–H and O–H groups in total. The van der Waals surface area contributed by atoms with Gasteiger partial charge >= 0.3 is 5.97 Å². The quantitative estimate of drug-likeness (QED) is 0.788. The average molecular weight is 297 g/mol. The van der Waals surface area contributed by atoms with Crippen LogP contribution in [-0.4, -0.2) is 56.9 Å². The van der Waals surface area contributed by atoms with Crippen LogP contribution in [0.1, 0.15) is 16.5 Å². The van der Waals surface area contributed by atoms with Crippen LogP contribution in [-0.2, 0) is 10.0 Å². The first kappa shape index (κ1) is 12.8. The molecular weight excluding hydrogens is 286 g/mol. The molecule has 3 heterocycles. The Hall–Kier alpha value is -2.20. The van der Waals surface area contributed by atoms with Crippen molar-refractivity contribution in [2.24, 2.45) is 0 Å². The van der Waals surface area contributed by atoms with E-state index < -0.39 is 16.0 Å². The summed E-state index contributed by atoms with van der Waals surface area (Å²) in [6, 6.07) is 1.30. The Balaban J connectivity index is 1.71. The Morgan fingerprint density at radius 1 is 1.45 bits per heavy atom. The van der Waals surface area contributed by atoms with E-state index in [1.165, 1.54) is 27.4 Å². The first-order valence-corrected chi connectivity index (χ1v) is 7.20. The molecule has 0 spiro atoms. The third-order valence-corrected chi connectivity index (χ3v) is 4.97. The van der Waals surface area contributed by atoms with Gasteiger partial charge in [-0.05, 0) is 6.07 Å². The van der Waals surface area contributed by atoms with Crippen molar-refractivity contribution in [3.63, 3.8) is 0 Å². The standard InChI is InChI=1S/C10H11N5O4S/c16-10(17)9-6-15(13-12-9)7-4-14(5-7)20(18,19)8-1-2-11-3-8/h1-3,6-7,11H,4-5H2,(H,16,17). The van der Waals surface area contributed by atoms with Gasteiger partial charge in [0.15, 0.2) is 5.69 Å². The Labute approximate surface area is 113 Å². The minimum Gasteiger partial charge on any atom is -0.476 e. The van der Waals surface area contributed by atoms with E-state index in [0.29, 0.717) is 0 Å². The number of aromatic nitrogens is 4. The molecular formula is C10H11N5O4S. The number of carboxylic acids is 1. The van der Waals surface area contributed by atoms with Crippen LogP contribution in [0.3, 0.4) is 0 Å².